The second-order valence-corrected chi connectivity index (χ2v) is 4.99. The molecule has 0 saturated carbocycles. The highest BCUT2D eigenvalue weighted by Gasteiger charge is 2.21. The van der Waals surface area contributed by atoms with Gasteiger partial charge in [-0.3, -0.25) is 4.79 Å². The molecule has 5 heteroatoms. The van der Waals surface area contributed by atoms with Gasteiger partial charge in [-0.1, -0.05) is 49.0 Å². The van der Waals surface area contributed by atoms with Gasteiger partial charge >= 0.3 is 0 Å². The molecule has 18 heavy (non-hydrogen) atoms. The van der Waals surface area contributed by atoms with Gasteiger partial charge in [-0.05, 0) is 6.42 Å². The zero-order chi connectivity index (χ0) is 13.0. The Hall–Kier alpha value is -1.62. The van der Waals surface area contributed by atoms with Crippen LogP contribution in [-0.2, 0) is 0 Å². The fraction of sp³-hybridized carbons (Fsp3) is 0.308. The second-order valence-electron chi connectivity index (χ2n) is 3.83. The highest BCUT2D eigenvalue weighted by atomic mass is 32.2. The molecule has 2 aromatic rings. The maximum atomic E-state index is 12.3. The Kier molecular flexibility index (Phi) is 4.15. The molecule has 1 unspecified atom stereocenters. The molecule has 1 atom stereocenters. The number of aryl methyl sites for hydroxylation is 1. The minimum absolute atomic E-state index is 0.0963. The Morgan fingerprint density at radius 3 is 2.61 bits per heavy atom. The average molecular weight is 262 g/mol. The van der Waals surface area contributed by atoms with Crippen molar-refractivity contribution in [3.8, 4) is 0 Å². The van der Waals surface area contributed by atoms with Gasteiger partial charge in [-0.15, -0.1) is 10.2 Å². The van der Waals surface area contributed by atoms with Gasteiger partial charge in [0.1, 0.15) is 0 Å². The van der Waals surface area contributed by atoms with Crippen LogP contribution in [0.15, 0.2) is 40.0 Å². The first kappa shape index (κ1) is 12.8. The number of rotatable bonds is 5. The van der Waals surface area contributed by atoms with Gasteiger partial charge in [0.25, 0.3) is 5.22 Å². The first-order valence-electron chi connectivity index (χ1n) is 5.76. The summed E-state index contributed by atoms with van der Waals surface area (Å²) in [5.74, 6) is 0.610. The summed E-state index contributed by atoms with van der Waals surface area (Å²) >= 11 is 1.32. The molecule has 0 saturated heterocycles. The minimum Gasteiger partial charge on any atom is -0.416 e. The van der Waals surface area contributed by atoms with Gasteiger partial charge in [0.15, 0.2) is 5.78 Å². The Morgan fingerprint density at radius 2 is 2.06 bits per heavy atom. The van der Waals surface area contributed by atoms with E-state index in [9.17, 15) is 4.79 Å². The lowest BCUT2D eigenvalue weighted by Gasteiger charge is -2.10. The first-order valence-corrected chi connectivity index (χ1v) is 6.64. The van der Waals surface area contributed by atoms with Gasteiger partial charge < -0.3 is 4.42 Å². The van der Waals surface area contributed by atoms with Crippen LogP contribution in [0.2, 0.25) is 0 Å². The van der Waals surface area contributed by atoms with Crippen LogP contribution in [0.3, 0.4) is 0 Å². The number of carbonyl (C=O) groups is 1. The van der Waals surface area contributed by atoms with E-state index in [2.05, 4.69) is 10.2 Å². The smallest absolute Gasteiger partial charge is 0.277 e. The monoisotopic (exact) mass is 262 g/mol. The van der Waals surface area contributed by atoms with E-state index in [1.165, 1.54) is 11.8 Å². The number of thioether (sulfide) groups is 1. The first-order chi connectivity index (χ1) is 8.70. The molecule has 0 N–H and O–H groups in total. The van der Waals surface area contributed by atoms with Gasteiger partial charge in [0.2, 0.25) is 5.89 Å². The van der Waals surface area contributed by atoms with E-state index in [4.69, 9.17) is 4.42 Å². The number of hydrogen-bond acceptors (Lipinski definition) is 5. The van der Waals surface area contributed by atoms with Crippen molar-refractivity contribution >= 4 is 17.5 Å². The third-order valence-corrected chi connectivity index (χ3v) is 3.67. The molecule has 2 rings (SSSR count). The van der Waals surface area contributed by atoms with Crippen LogP contribution >= 0.6 is 11.8 Å². The topological polar surface area (TPSA) is 56.0 Å². The number of nitrogens with zero attached hydrogens (tertiary/aromatic N) is 2. The van der Waals surface area contributed by atoms with Crippen molar-refractivity contribution in [1.82, 2.24) is 10.2 Å². The summed E-state index contributed by atoms with van der Waals surface area (Å²) in [6.07, 6.45) is 0.722. The van der Waals surface area contributed by atoms with Crippen molar-refractivity contribution in [2.45, 2.75) is 30.7 Å². The van der Waals surface area contributed by atoms with E-state index in [1.54, 1.807) is 6.92 Å². The summed E-state index contributed by atoms with van der Waals surface area (Å²) in [6.45, 7) is 3.71. The summed E-state index contributed by atoms with van der Waals surface area (Å²) in [5.41, 5.74) is 0.716. The maximum absolute atomic E-state index is 12.3. The predicted molar refractivity (Wildman–Crippen MR) is 69.7 cm³/mol. The molecule has 1 heterocycles. The molecule has 0 spiro atoms. The summed E-state index contributed by atoms with van der Waals surface area (Å²) in [6, 6.07) is 9.27. The second kappa shape index (κ2) is 5.82. The van der Waals surface area contributed by atoms with E-state index in [-0.39, 0.29) is 11.0 Å². The fourth-order valence-corrected chi connectivity index (χ4v) is 2.47. The van der Waals surface area contributed by atoms with Crippen LogP contribution < -0.4 is 0 Å². The molecular weight excluding hydrogens is 248 g/mol. The van der Waals surface area contributed by atoms with Crippen LogP contribution in [0, 0.1) is 6.92 Å². The van der Waals surface area contributed by atoms with E-state index >= 15 is 0 Å². The van der Waals surface area contributed by atoms with Crippen LogP contribution in [0.1, 0.15) is 29.6 Å². The molecule has 0 aliphatic rings. The molecule has 94 valence electrons. The number of Topliss-reactive ketones (excluding diaryl/α,β-unsaturated/α-hetero) is 1. The van der Waals surface area contributed by atoms with E-state index in [0.717, 1.165) is 6.42 Å². The Morgan fingerprint density at radius 1 is 1.33 bits per heavy atom. The standard InChI is InChI=1S/C13H14N2O2S/c1-3-11(18-13-15-14-9(2)17-13)12(16)10-7-5-4-6-8-10/h4-8,11H,3H2,1-2H3. The molecule has 0 aliphatic carbocycles. The Balaban J connectivity index is 2.12. The van der Waals surface area contributed by atoms with E-state index in [0.29, 0.717) is 16.7 Å². The number of aromatic nitrogens is 2. The molecule has 0 amide bonds. The highest BCUT2D eigenvalue weighted by molar-refractivity contribution is 8.00. The van der Waals surface area contributed by atoms with Crippen LogP contribution in [0.25, 0.3) is 0 Å². The normalized spacial score (nSPS) is 12.3. The lowest BCUT2D eigenvalue weighted by molar-refractivity contribution is 0.0987. The zero-order valence-corrected chi connectivity index (χ0v) is 11.1. The van der Waals surface area contributed by atoms with Crippen molar-refractivity contribution in [3.63, 3.8) is 0 Å². The molecule has 1 aromatic heterocycles. The fourth-order valence-electron chi connectivity index (χ4n) is 1.56. The summed E-state index contributed by atoms with van der Waals surface area (Å²) in [5, 5.41) is 7.92. The van der Waals surface area contributed by atoms with Crippen molar-refractivity contribution in [3.05, 3.63) is 41.8 Å². The molecule has 1 aromatic carbocycles. The molecule has 0 bridgehead atoms. The lowest BCUT2D eigenvalue weighted by Crippen LogP contribution is -2.16. The predicted octanol–water partition coefficient (Wildman–Crippen LogP) is 3.13. The lowest BCUT2D eigenvalue weighted by atomic mass is 10.1. The Labute approximate surface area is 110 Å². The van der Waals surface area contributed by atoms with Gasteiger partial charge in [0.05, 0.1) is 5.25 Å². The molecule has 0 fully saturated rings. The molecule has 0 aliphatic heterocycles. The molecule has 4 nitrogen and oxygen atoms in total. The number of hydrogen-bond donors (Lipinski definition) is 0. The molecular formula is C13H14N2O2S. The summed E-state index contributed by atoms with van der Waals surface area (Å²) in [4.78, 5) is 12.3. The zero-order valence-electron chi connectivity index (χ0n) is 10.3. The van der Waals surface area contributed by atoms with Gasteiger partial charge in [0, 0.05) is 12.5 Å². The van der Waals surface area contributed by atoms with Crippen molar-refractivity contribution in [2.75, 3.05) is 0 Å². The van der Waals surface area contributed by atoms with Crippen LogP contribution in [0.5, 0.6) is 0 Å². The van der Waals surface area contributed by atoms with Crippen LogP contribution in [0.4, 0.5) is 0 Å². The maximum Gasteiger partial charge on any atom is 0.277 e. The minimum atomic E-state index is -0.188. The van der Waals surface area contributed by atoms with Crippen molar-refractivity contribution < 1.29 is 9.21 Å². The third-order valence-electron chi connectivity index (χ3n) is 2.47. The van der Waals surface area contributed by atoms with E-state index < -0.39 is 0 Å². The number of ketones is 1. The molecule has 0 radical (unpaired) electrons. The van der Waals surface area contributed by atoms with Crippen LogP contribution in [-0.4, -0.2) is 21.2 Å². The Bertz CT molecular complexity index is 525. The largest absolute Gasteiger partial charge is 0.416 e. The third kappa shape index (κ3) is 2.98. The summed E-state index contributed by atoms with van der Waals surface area (Å²) < 4.78 is 5.29. The SMILES string of the molecule is CCC(Sc1nnc(C)o1)C(=O)c1ccccc1. The van der Waals surface area contributed by atoms with Gasteiger partial charge in [-0.25, -0.2) is 0 Å². The van der Waals surface area contributed by atoms with E-state index in [1.807, 2.05) is 37.3 Å². The number of benzene rings is 1. The quantitative estimate of drug-likeness (QED) is 0.612. The van der Waals surface area contributed by atoms with Gasteiger partial charge in [-0.2, -0.15) is 0 Å². The summed E-state index contributed by atoms with van der Waals surface area (Å²) in [7, 11) is 0. The average Bonchev–Trinajstić information content (AvgIpc) is 2.82. The van der Waals surface area contributed by atoms with Crippen molar-refractivity contribution in [1.29, 1.82) is 0 Å². The highest BCUT2D eigenvalue weighted by Crippen LogP contribution is 2.26. The number of carbonyl (C=O) groups excluding carboxylic acids is 1. The van der Waals surface area contributed by atoms with Crippen molar-refractivity contribution in [2.24, 2.45) is 0 Å².